The van der Waals surface area contributed by atoms with Gasteiger partial charge in [-0.1, -0.05) is 6.07 Å². The number of carbonyl (C=O) groups is 2. The first-order chi connectivity index (χ1) is 10.1. The zero-order valence-electron chi connectivity index (χ0n) is 12.0. The van der Waals surface area contributed by atoms with Gasteiger partial charge in [0.2, 0.25) is 0 Å². The van der Waals surface area contributed by atoms with Gasteiger partial charge in [-0.3, -0.25) is 9.48 Å². The Morgan fingerprint density at radius 1 is 1.29 bits per heavy atom. The second kappa shape index (κ2) is 6.69. The van der Waals surface area contributed by atoms with E-state index >= 15 is 0 Å². The summed E-state index contributed by atoms with van der Waals surface area (Å²) in [5.74, 6) is -0.678. The lowest BCUT2D eigenvalue weighted by Gasteiger charge is -2.06. The maximum Gasteiger partial charge on any atom is 0.338 e. The summed E-state index contributed by atoms with van der Waals surface area (Å²) in [5, 5.41) is 6.78. The van der Waals surface area contributed by atoms with Crippen LogP contribution in [-0.4, -0.2) is 28.3 Å². The van der Waals surface area contributed by atoms with Crippen molar-refractivity contribution in [2.45, 2.75) is 20.4 Å². The SMILES string of the molecule is CCOC(=O)c1cccc(NC(=O)c2cnn(CC)c2)c1. The number of esters is 1. The van der Waals surface area contributed by atoms with Crippen molar-refractivity contribution in [2.24, 2.45) is 0 Å². The molecule has 0 saturated heterocycles. The van der Waals surface area contributed by atoms with Crippen molar-refractivity contribution >= 4 is 17.6 Å². The molecule has 1 aromatic carbocycles. The van der Waals surface area contributed by atoms with Crippen LogP contribution in [0.15, 0.2) is 36.7 Å². The number of ether oxygens (including phenoxy) is 1. The molecule has 1 aromatic heterocycles. The van der Waals surface area contributed by atoms with Crippen LogP contribution < -0.4 is 5.32 Å². The van der Waals surface area contributed by atoms with E-state index in [1.165, 1.54) is 6.20 Å². The predicted octanol–water partition coefficient (Wildman–Crippen LogP) is 2.33. The molecular formula is C15H17N3O3. The van der Waals surface area contributed by atoms with Crippen molar-refractivity contribution in [3.05, 3.63) is 47.8 Å². The molecule has 0 spiro atoms. The molecule has 0 aliphatic carbocycles. The molecule has 110 valence electrons. The lowest BCUT2D eigenvalue weighted by molar-refractivity contribution is 0.0526. The highest BCUT2D eigenvalue weighted by atomic mass is 16.5. The smallest absolute Gasteiger partial charge is 0.338 e. The number of hydrogen-bond acceptors (Lipinski definition) is 4. The summed E-state index contributed by atoms with van der Waals surface area (Å²) in [4.78, 5) is 23.7. The number of aryl methyl sites for hydroxylation is 1. The van der Waals surface area contributed by atoms with Gasteiger partial charge in [0.05, 0.1) is 23.9 Å². The van der Waals surface area contributed by atoms with Gasteiger partial charge < -0.3 is 10.1 Å². The van der Waals surface area contributed by atoms with Gasteiger partial charge in [-0.25, -0.2) is 4.79 Å². The van der Waals surface area contributed by atoms with E-state index in [2.05, 4.69) is 10.4 Å². The van der Waals surface area contributed by atoms with Crippen LogP contribution in [0.2, 0.25) is 0 Å². The quantitative estimate of drug-likeness (QED) is 0.857. The first-order valence-corrected chi connectivity index (χ1v) is 6.75. The molecule has 0 fully saturated rings. The van der Waals surface area contributed by atoms with E-state index in [1.54, 1.807) is 42.1 Å². The Labute approximate surface area is 122 Å². The van der Waals surface area contributed by atoms with E-state index in [4.69, 9.17) is 4.74 Å². The predicted molar refractivity (Wildman–Crippen MR) is 78.3 cm³/mol. The van der Waals surface area contributed by atoms with Crippen molar-refractivity contribution < 1.29 is 14.3 Å². The standard InChI is InChI=1S/C15H17N3O3/c1-3-18-10-12(9-16-18)14(19)17-13-7-5-6-11(8-13)15(20)21-4-2/h5-10H,3-4H2,1-2H3,(H,17,19). The fourth-order valence-corrected chi connectivity index (χ4v) is 1.80. The molecule has 0 aliphatic heterocycles. The highest BCUT2D eigenvalue weighted by Gasteiger charge is 2.11. The second-order valence-electron chi connectivity index (χ2n) is 4.34. The van der Waals surface area contributed by atoms with Crippen LogP contribution in [0.3, 0.4) is 0 Å². The largest absolute Gasteiger partial charge is 0.462 e. The van der Waals surface area contributed by atoms with E-state index < -0.39 is 5.97 Å². The molecule has 0 atom stereocenters. The number of amides is 1. The summed E-state index contributed by atoms with van der Waals surface area (Å²) in [5.41, 5.74) is 1.41. The topological polar surface area (TPSA) is 73.2 Å². The minimum absolute atomic E-state index is 0.268. The van der Waals surface area contributed by atoms with Gasteiger partial charge in [-0.2, -0.15) is 5.10 Å². The first kappa shape index (κ1) is 14.8. The number of hydrogen-bond donors (Lipinski definition) is 1. The Morgan fingerprint density at radius 2 is 2.10 bits per heavy atom. The summed E-state index contributed by atoms with van der Waals surface area (Å²) < 4.78 is 6.60. The molecule has 2 rings (SSSR count). The first-order valence-electron chi connectivity index (χ1n) is 6.75. The molecule has 0 radical (unpaired) electrons. The highest BCUT2D eigenvalue weighted by molar-refractivity contribution is 6.04. The fourth-order valence-electron chi connectivity index (χ4n) is 1.80. The molecule has 0 saturated carbocycles. The maximum absolute atomic E-state index is 12.1. The van der Waals surface area contributed by atoms with Crippen LogP contribution in [0.25, 0.3) is 0 Å². The Balaban J connectivity index is 2.10. The fraction of sp³-hybridized carbons (Fsp3) is 0.267. The highest BCUT2D eigenvalue weighted by Crippen LogP contribution is 2.13. The van der Waals surface area contributed by atoms with Crippen LogP contribution in [0.1, 0.15) is 34.6 Å². The van der Waals surface area contributed by atoms with Crippen LogP contribution in [0.4, 0.5) is 5.69 Å². The van der Waals surface area contributed by atoms with Gasteiger partial charge in [-0.15, -0.1) is 0 Å². The van der Waals surface area contributed by atoms with E-state index in [0.29, 0.717) is 30.0 Å². The summed E-state index contributed by atoms with van der Waals surface area (Å²) in [6, 6.07) is 6.63. The zero-order chi connectivity index (χ0) is 15.2. The van der Waals surface area contributed by atoms with Gasteiger partial charge in [0.15, 0.2) is 0 Å². The van der Waals surface area contributed by atoms with Gasteiger partial charge in [-0.05, 0) is 32.0 Å². The number of anilines is 1. The minimum atomic E-state index is -0.410. The van der Waals surface area contributed by atoms with Crippen LogP contribution >= 0.6 is 0 Å². The summed E-state index contributed by atoms with van der Waals surface area (Å²) >= 11 is 0. The number of nitrogens with one attached hydrogen (secondary N) is 1. The van der Waals surface area contributed by atoms with Gasteiger partial charge in [0.25, 0.3) is 5.91 Å². The molecule has 0 aliphatic rings. The van der Waals surface area contributed by atoms with E-state index in [1.807, 2.05) is 6.92 Å². The molecule has 0 unspecified atom stereocenters. The van der Waals surface area contributed by atoms with Gasteiger partial charge in [0, 0.05) is 18.4 Å². The van der Waals surface area contributed by atoms with Crippen LogP contribution in [-0.2, 0) is 11.3 Å². The lowest BCUT2D eigenvalue weighted by Crippen LogP contribution is -2.12. The average molecular weight is 287 g/mol. The lowest BCUT2D eigenvalue weighted by atomic mass is 10.2. The van der Waals surface area contributed by atoms with Crippen molar-refractivity contribution in [2.75, 3.05) is 11.9 Å². The van der Waals surface area contributed by atoms with Gasteiger partial charge in [0.1, 0.15) is 0 Å². The number of nitrogens with zero attached hydrogens (tertiary/aromatic N) is 2. The van der Waals surface area contributed by atoms with E-state index in [0.717, 1.165) is 0 Å². The third kappa shape index (κ3) is 3.68. The van der Waals surface area contributed by atoms with Crippen molar-refractivity contribution in [3.8, 4) is 0 Å². The van der Waals surface area contributed by atoms with Crippen LogP contribution in [0, 0.1) is 0 Å². The molecule has 6 nitrogen and oxygen atoms in total. The molecule has 6 heteroatoms. The Bertz CT molecular complexity index is 649. The van der Waals surface area contributed by atoms with Crippen molar-refractivity contribution in [1.29, 1.82) is 0 Å². The van der Waals surface area contributed by atoms with E-state index in [9.17, 15) is 9.59 Å². The molecule has 21 heavy (non-hydrogen) atoms. The number of rotatable bonds is 5. The van der Waals surface area contributed by atoms with Crippen molar-refractivity contribution in [1.82, 2.24) is 9.78 Å². The van der Waals surface area contributed by atoms with Crippen LogP contribution in [0.5, 0.6) is 0 Å². The Morgan fingerprint density at radius 3 is 2.76 bits per heavy atom. The average Bonchev–Trinajstić information content (AvgIpc) is 2.97. The normalized spacial score (nSPS) is 10.2. The minimum Gasteiger partial charge on any atom is -0.462 e. The molecule has 1 amide bonds. The summed E-state index contributed by atoms with van der Waals surface area (Å²) in [6.45, 7) is 4.70. The Kier molecular flexibility index (Phi) is 4.71. The molecule has 1 N–H and O–H groups in total. The molecular weight excluding hydrogens is 270 g/mol. The van der Waals surface area contributed by atoms with Crippen molar-refractivity contribution in [3.63, 3.8) is 0 Å². The Hall–Kier alpha value is -2.63. The molecule has 1 heterocycles. The monoisotopic (exact) mass is 287 g/mol. The van der Waals surface area contributed by atoms with Gasteiger partial charge >= 0.3 is 5.97 Å². The van der Waals surface area contributed by atoms with E-state index in [-0.39, 0.29) is 5.91 Å². The third-order valence-corrected chi connectivity index (χ3v) is 2.85. The number of benzene rings is 1. The molecule has 2 aromatic rings. The summed E-state index contributed by atoms with van der Waals surface area (Å²) in [6.07, 6.45) is 3.18. The summed E-state index contributed by atoms with van der Waals surface area (Å²) in [7, 11) is 0. The zero-order valence-corrected chi connectivity index (χ0v) is 12.0. The second-order valence-corrected chi connectivity index (χ2v) is 4.34. The number of aromatic nitrogens is 2. The third-order valence-electron chi connectivity index (χ3n) is 2.85. The number of carbonyl (C=O) groups excluding carboxylic acids is 2. The maximum atomic E-state index is 12.1. The molecule has 0 bridgehead atoms.